The van der Waals surface area contributed by atoms with Crippen molar-refractivity contribution in [2.45, 2.75) is 25.4 Å². The molecule has 2 unspecified atom stereocenters. The summed E-state index contributed by atoms with van der Waals surface area (Å²) in [5.41, 5.74) is -1.59. The van der Waals surface area contributed by atoms with E-state index in [0.717, 1.165) is 12.1 Å². The number of benzene rings is 1. The molecule has 0 radical (unpaired) electrons. The van der Waals surface area contributed by atoms with Gasteiger partial charge in [0.1, 0.15) is 13.2 Å². The minimum atomic E-state index is -5.11. The molecule has 30 heavy (non-hydrogen) atoms. The molecule has 0 heterocycles. The molecule has 1 aromatic rings. The monoisotopic (exact) mass is 446 g/mol. The van der Waals surface area contributed by atoms with Crippen LogP contribution in [0.25, 0.3) is 0 Å². The average Bonchev–Trinajstić information content (AvgIpc) is 2.66. The van der Waals surface area contributed by atoms with E-state index in [1.807, 2.05) is 0 Å². The van der Waals surface area contributed by atoms with Gasteiger partial charge in [0.2, 0.25) is 0 Å². The largest absolute Gasteiger partial charge is 0.423 e. The van der Waals surface area contributed by atoms with E-state index in [2.05, 4.69) is 13.2 Å². The summed E-state index contributed by atoms with van der Waals surface area (Å²) in [6.07, 6.45) is 0. The molecule has 166 valence electrons. The third-order valence-corrected chi connectivity index (χ3v) is 4.85. The first-order valence-electron chi connectivity index (χ1n) is 8.26. The Morgan fingerprint density at radius 2 is 1.40 bits per heavy atom. The predicted octanol–water partition coefficient (Wildman–Crippen LogP) is -0.997. The van der Waals surface area contributed by atoms with E-state index in [9.17, 15) is 44.4 Å². The Balaban J connectivity index is 3.72. The van der Waals surface area contributed by atoms with E-state index in [4.69, 9.17) is 9.47 Å². The summed E-state index contributed by atoms with van der Waals surface area (Å²) >= 11 is 0. The van der Waals surface area contributed by atoms with Gasteiger partial charge < -0.3 is 39.7 Å². The molecule has 0 spiro atoms. The van der Waals surface area contributed by atoms with Crippen molar-refractivity contribution in [1.29, 1.82) is 0 Å². The molecule has 6 N–H and O–H groups in total. The molecule has 0 bridgehead atoms. The SMILES string of the molecule is C=C(C)C(=O)OC(O)(CO)c1ccc(P(=O)(O)O)c(C(O)(CO)OC(=O)C(=C)C)c1. The fourth-order valence-electron chi connectivity index (χ4n) is 2.18. The van der Waals surface area contributed by atoms with E-state index in [-0.39, 0.29) is 11.1 Å². The van der Waals surface area contributed by atoms with Crippen molar-refractivity contribution in [3.05, 3.63) is 53.6 Å². The van der Waals surface area contributed by atoms with Crippen LogP contribution < -0.4 is 5.30 Å². The zero-order chi connectivity index (χ0) is 23.5. The van der Waals surface area contributed by atoms with Gasteiger partial charge in [0, 0.05) is 22.3 Å². The molecule has 0 aliphatic rings. The van der Waals surface area contributed by atoms with Crippen LogP contribution >= 0.6 is 7.60 Å². The Morgan fingerprint density at radius 3 is 1.77 bits per heavy atom. The molecule has 1 rings (SSSR count). The minimum Gasteiger partial charge on any atom is -0.423 e. The highest BCUT2D eigenvalue weighted by Gasteiger charge is 2.42. The summed E-state index contributed by atoms with van der Waals surface area (Å²) in [6.45, 7) is 6.58. The first kappa shape index (κ1) is 25.7. The van der Waals surface area contributed by atoms with Crippen molar-refractivity contribution in [1.82, 2.24) is 0 Å². The van der Waals surface area contributed by atoms with Gasteiger partial charge in [-0.15, -0.1) is 0 Å². The summed E-state index contributed by atoms with van der Waals surface area (Å²) in [4.78, 5) is 42.8. The van der Waals surface area contributed by atoms with Crippen molar-refractivity contribution in [3.63, 3.8) is 0 Å². The molecule has 0 aromatic heterocycles. The summed E-state index contributed by atoms with van der Waals surface area (Å²) in [5.74, 6) is -7.98. The fraction of sp³-hybridized carbons (Fsp3) is 0.333. The molecular formula is C18H23O11P. The fourth-order valence-corrected chi connectivity index (χ4v) is 3.00. The van der Waals surface area contributed by atoms with Gasteiger partial charge >= 0.3 is 19.5 Å². The molecule has 0 amide bonds. The summed E-state index contributed by atoms with van der Waals surface area (Å²) in [5, 5.41) is 39.5. The van der Waals surface area contributed by atoms with Crippen LogP contribution in [-0.2, 0) is 35.2 Å². The Kier molecular flexibility index (Phi) is 7.86. The Labute approximate surface area is 171 Å². The van der Waals surface area contributed by atoms with E-state index < -0.39 is 60.8 Å². The van der Waals surface area contributed by atoms with Gasteiger partial charge in [-0.1, -0.05) is 19.2 Å². The third kappa shape index (κ3) is 5.61. The maximum atomic E-state index is 11.9. The standard InChI is InChI=1S/C18H23O11P/c1-10(2)15(21)28-17(23,8-19)12-5-6-14(30(25,26)27)13(7-12)18(24,9-20)29-16(22)11(3)4/h5-7,19-20,23-24H,1,3,8-9H2,2,4H3,(H2,25,26,27). The van der Waals surface area contributed by atoms with Gasteiger partial charge in [-0.2, -0.15) is 0 Å². The molecule has 12 heteroatoms. The lowest BCUT2D eigenvalue weighted by Gasteiger charge is -2.31. The second-order valence-corrected chi connectivity index (χ2v) is 8.07. The lowest BCUT2D eigenvalue weighted by molar-refractivity contribution is -0.228. The Morgan fingerprint density at radius 1 is 0.967 bits per heavy atom. The third-order valence-electron chi connectivity index (χ3n) is 3.83. The maximum Gasteiger partial charge on any atom is 0.356 e. The first-order chi connectivity index (χ1) is 13.6. The Hall–Kier alpha value is -2.37. The number of aliphatic hydroxyl groups is 4. The number of hydrogen-bond acceptors (Lipinski definition) is 9. The zero-order valence-corrected chi connectivity index (χ0v) is 17.1. The van der Waals surface area contributed by atoms with Crippen molar-refractivity contribution in [3.8, 4) is 0 Å². The van der Waals surface area contributed by atoms with Crippen LogP contribution in [0.15, 0.2) is 42.5 Å². The number of carbonyl (C=O) groups is 2. The predicted molar refractivity (Wildman–Crippen MR) is 102 cm³/mol. The molecule has 2 atom stereocenters. The molecule has 1 aromatic carbocycles. The summed E-state index contributed by atoms with van der Waals surface area (Å²) < 4.78 is 21.4. The van der Waals surface area contributed by atoms with Crippen LogP contribution in [0.3, 0.4) is 0 Å². The number of aliphatic hydroxyl groups excluding tert-OH is 2. The van der Waals surface area contributed by atoms with Crippen LogP contribution in [0.5, 0.6) is 0 Å². The van der Waals surface area contributed by atoms with Crippen molar-refractivity contribution >= 4 is 24.8 Å². The molecule has 0 aliphatic heterocycles. The van der Waals surface area contributed by atoms with Crippen molar-refractivity contribution in [2.75, 3.05) is 13.2 Å². The lowest BCUT2D eigenvalue weighted by atomic mass is 9.98. The quantitative estimate of drug-likeness (QED) is 0.118. The van der Waals surface area contributed by atoms with Crippen LogP contribution in [0.2, 0.25) is 0 Å². The first-order valence-corrected chi connectivity index (χ1v) is 9.88. The summed E-state index contributed by atoms with van der Waals surface area (Å²) in [6, 6.07) is 2.35. The average molecular weight is 446 g/mol. The highest BCUT2D eigenvalue weighted by atomic mass is 31.2. The zero-order valence-electron chi connectivity index (χ0n) is 16.2. The highest BCUT2D eigenvalue weighted by molar-refractivity contribution is 7.60. The van der Waals surface area contributed by atoms with Gasteiger partial charge in [0.25, 0.3) is 11.6 Å². The Bertz CT molecular complexity index is 919. The van der Waals surface area contributed by atoms with Crippen molar-refractivity contribution < 1.29 is 53.8 Å². The lowest BCUT2D eigenvalue weighted by Crippen LogP contribution is -2.42. The van der Waals surface area contributed by atoms with E-state index in [1.54, 1.807) is 0 Å². The molecule has 0 saturated heterocycles. The number of hydrogen-bond donors (Lipinski definition) is 6. The number of carbonyl (C=O) groups excluding carboxylic acids is 2. The van der Waals surface area contributed by atoms with Gasteiger partial charge in [0.15, 0.2) is 0 Å². The van der Waals surface area contributed by atoms with E-state index in [1.165, 1.54) is 13.8 Å². The number of esters is 2. The van der Waals surface area contributed by atoms with E-state index in [0.29, 0.717) is 6.07 Å². The van der Waals surface area contributed by atoms with Crippen LogP contribution in [0.1, 0.15) is 25.0 Å². The molecular weight excluding hydrogens is 423 g/mol. The summed E-state index contributed by atoms with van der Waals surface area (Å²) in [7, 11) is -5.11. The number of ether oxygens (including phenoxy) is 2. The number of rotatable bonds is 9. The van der Waals surface area contributed by atoms with Gasteiger partial charge in [-0.3, -0.25) is 4.57 Å². The van der Waals surface area contributed by atoms with Crippen molar-refractivity contribution in [2.24, 2.45) is 0 Å². The highest BCUT2D eigenvalue weighted by Crippen LogP contribution is 2.40. The van der Waals surface area contributed by atoms with E-state index >= 15 is 0 Å². The second-order valence-electron chi connectivity index (χ2n) is 6.50. The molecule has 11 nitrogen and oxygen atoms in total. The minimum absolute atomic E-state index is 0.129. The van der Waals surface area contributed by atoms with Gasteiger partial charge in [0.05, 0.1) is 5.30 Å². The van der Waals surface area contributed by atoms with Crippen LogP contribution in [0.4, 0.5) is 0 Å². The maximum absolute atomic E-state index is 11.9. The smallest absolute Gasteiger partial charge is 0.356 e. The van der Waals surface area contributed by atoms with Gasteiger partial charge in [-0.25, -0.2) is 9.59 Å². The topological polar surface area (TPSA) is 191 Å². The molecule has 0 fully saturated rings. The van der Waals surface area contributed by atoms with Crippen LogP contribution in [0, 0.1) is 0 Å². The second kappa shape index (κ2) is 9.19. The molecule has 0 aliphatic carbocycles. The molecule has 0 saturated carbocycles. The van der Waals surface area contributed by atoms with Gasteiger partial charge in [-0.05, 0) is 26.0 Å². The normalized spacial score (nSPS) is 15.5. The van der Waals surface area contributed by atoms with Crippen LogP contribution in [-0.4, -0.2) is 55.4 Å².